The van der Waals surface area contributed by atoms with Gasteiger partial charge in [-0.05, 0) is 31.1 Å². The Balaban J connectivity index is 3.49. The second-order valence-electron chi connectivity index (χ2n) is 4.62. The fraction of sp³-hybridized carbons (Fsp3) is 0.846. The summed E-state index contributed by atoms with van der Waals surface area (Å²) < 4.78 is 5.10. The predicted octanol–water partition coefficient (Wildman–Crippen LogP) is 3.61. The van der Waals surface area contributed by atoms with E-state index in [4.69, 9.17) is 4.74 Å². The van der Waals surface area contributed by atoms with Crippen LogP contribution in [0, 0.1) is 18.3 Å². The molecule has 0 aliphatic heterocycles. The van der Waals surface area contributed by atoms with Crippen LogP contribution in [-0.4, -0.2) is 12.6 Å². The largest absolute Gasteiger partial charge is 0.466 e. The molecule has 0 aliphatic carbocycles. The summed E-state index contributed by atoms with van der Waals surface area (Å²) in [6, 6.07) is 0. The molecule has 15 heavy (non-hydrogen) atoms. The molecule has 0 saturated heterocycles. The SMILES string of the molecule is CCCCOC(=O)CC(C)[CH]CC(C)C. The van der Waals surface area contributed by atoms with Crippen LogP contribution in [-0.2, 0) is 9.53 Å². The van der Waals surface area contributed by atoms with Crippen molar-refractivity contribution < 1.29 is 9.53 Å². The molecule has 0 aromatic heterocycles. The summed E-state index contributed by atoms with van der Waals surface area (Å²) in [6.07, 6.45) is 5.85. The lowest BCUT2D eigenvalue weighted by Gasteiger charge is -2.11. The Morgan fingerprint density at radius 1 is 1.33 bits per heavy atom. The summed E-state index contributed by atoms with van der Waals surface area (Å²) in [7, 11) is 0. The Labute approximate surface area is 94.4 Å². The number of unbranched alkanes of at least 4 members (excludes halogenated alkanes) is 1. The minimum atomic E-state index is -0.0593. The van der Waals surface area contributed by atoms with Crippen LogP contribution in [0.25, 0.3) is 0 Å². The van der Waals surface area contributed by atoms with Gasteiger partial charge in [-0.2, -0.15) is 0 Å². The third-order valence-electron chi connectivity index (χ3n) is 2.26. The highest BCUT2D eigenvalue weighted by Gasteiger charge is 2.10. The fourth-order valence-electron chi connectivity index (χ4n) is 1.24. The maximum atomic E-state index is 11.3. The van der Waals surface area contributed by atoms with Crippen molar-refractivity contribution in [2.24, 2.45) is 11.8 Å². The predicted molar refractivity (Wildman–Crippen MR) is 63.4 cm³/mol. The maximum Gasteiger partial charge on any atom is 0.306 e. The highest BCUT2D eigenvalue weighted by atomic mass is 16.5. The lowest BCUT2D eigenvalue weighted by molar-refractivity contribution is -0.144. The summed E-state index contributed by atoms with van der Waals surface area (Å²) in [4.78, 5) is 11.3. The number of ether oxygens (including phenoxy) is 1. The van der Waals surface area contributed by atoms with E-state index >= 15 is 0 Å². The molecule has 0 spiro atoms. The molecule has 1 radical (unpaired) electrons. The first-order valence-corrected chi connectivity index (χ1v) is 6.05. The lowest BCUT2D eigenvalue weighted by Crippen LogP contribution is -2.11. The molecule has 2 nitrogen and oxygen atoms in total. The first-order valence-electron chi connectivity index (χ1n) is 6.05. The van der Waals surface area contributed by atoms with Crippen LogP contribution in [0.4, 0.5) is 0 Å². The molecule has 0 amide bonds. The molecule has 0 rings (SSSR count). The van der Waals surface area contributed by atoms with Gasteiger partial charge in [-0.25, -0.2) is 0 Å². The Hall–Kier alpha value is -0.530. The summed E-state index contributed by atoms with van der Waals surface area (Å²) >= 11 is 0. The van der Waals surface area contributed by atoms with Crippen LogP contribution in [0.1, 0.15) is 53.4 Å². The van der Waals surface area contributed by atoms with Gasteiger partial charge in [-0.15, -0.1) is 0 Å². The van der Waals surface area contributed by atoms with Gasteiger partial charge in [0.25, 0.3) is 0 Å². The van der Waals surface area contributed by atoms with E-state index in [1.165, 1.54) is 0 Å². The quantitative estimate of drug-likeness (QED) is 0.455. The van der Waals surface area contributed by atoms with E-state index < -0.39 is 0 Å². The molecule has 0 aromatic carbocycles. The van der Waals surface area contributed by atoms with Gasteiger partial charge in [0.15, 0.2) is 0 Å². The molecular weight excluding hydrogens is 188 g/mol. The van der Waals surface area contributed by atoms with Crippen molar-refractivity contribution in [3.05, 3.63) is 6.42 Å². The Bertz CT molecular complexity index is 164. The van der Waals surface area contributed by atoms with Crippen molar-refractivity contribution in [1.82, 2.24) is 0 Å². The Kier molecular flexibility index (Phi) is 8.44. The van der Waals surface area contributed by atoms with Crippen LogP contribution in [0.5, 0.6) is 0 Å². The molecule has 0 aliphatic rings. The third-order valence-corrected chi connectivity index (χ3v) is 2.26. The molecule has 0 heterocycles. The van der Waals surface area contributed by atoms with Gasteiger partial charge in [0.05, 0.1) is 6.61 Å². The second-order valence-corrected chi connectivity index (χ2v) is 4.62. The van der Waals surface area contributed by atoms with E-state index in [1.54, 1.807) is 0 Å². The fourth-order valence-corrected chi connectivity index (χ4v) is 1.24. The van der Waals surface area contributed by atoms with Crippen molar-refractivity contribution in [2.75, 3.05) is 6.61 Å². The zero-order valence-corrected chi connectivity index (χ0v) is 10.6. The summed E-state index contributed by atoms with van der Waals surface area (Å²) in [5, 5.41) is 0. The van der Waals surface area contributed by atoms with E-state index in [2.05, 4.69) is 34.1 Å². The lowest BCUT2D eigenvalue weighted by atomic mass is 9.97. The van der Waals surface area contributed by atoms with E-state index in [0.29, 0.717) is 24.9 Å². The molecule has 0 fully saturated rings. The van der Waals surface area contributed by atoms with Gasteiger partial charge in [0.2, 0.25) is 0 Å². The molecule has 0 aromatic rings. The molecule has 1 unspecified atom stereocenters. The molecule has 0 bridgehead atoms. The zero-order chi connectivity index (χ0) is 11.7. The summed E-state index contributed by atoms with van der Waals surface area (Å²) in [5.41, 5.74) is 0. The van der Waals surface area contributed by atoms with Crippen LogP contribution in [0.15, 0.2) is 0 Å². The maximum absolute atomic E-state index is 11.3. The summed E-state index contributed by atoms with van der Waals surface area (Å²) in [6.45, 7) is 9.11. The zero-order valence-electron chi connectivity index (χ0n) is 10.6. The van der Waals surface area contributed by atoms with Gasteiger partial charge in [0, 0.05) is 6.42 Å². The van der Waals surface area contributed by atoms with E-state index in [1.807, 2.05) is 0 Å². The number of hydrogen-bond donors (Lipinski definition) is 0. The molecule has 0 saturated carbocycles. The van der Waals surface area contributed by atoms with Crippen molar-refractivity contribution in [1.29, 1.82) is 0 Å². The smallest absolute Gasteiger partial charge is 0.306 e. The topological polar surface area (TPSA) is 26.3 Å². The summed E-state index contributed by atoms with van der Waals surface area (Å²) in [5.74, 6) is 0.945. The van der Waals surface area contributed by atoms with Gasteiger partial charge < -0.3 is 4.74 Å². The number of carbonyl (C=O) groups excluding carboxylic acids is 1. The third kappa shape index (κ3) is 9.77. The van der Waals surface area contributed by atoms with Crippen molar-refractivity contribution in [3.8, 4) is 0 Å². The molecule has 2 heteroatoms. The van der Waals surface area contributed by atoms with Gasteiger partial charge in [0.1, 0.15) is 0 Å². The first-order chi connectivity index (χ1) is 7.06. The van der Waals surface area contributed by atoms with Crippen LogP contribution >= 0.6 is 0 Å². The van der Waals surface area contributed by atoms with Crippen LogP contribution in [0.3, 0.4) is 0 Å². The minimum absolute atomic E-state index is 0.0593. The van der Waals surface area contributed by atoms with Gasteiger partial charge in [-0.3, -0.25) is 4.79 Å². The van der Waals surface area contributed by atoms with Crippen molar-refractivity contribution in [2.45, 2.75) is 53.4 Å². The van der Waals surface area contributed by atoms with E-state index in [9.17, 15) is 4.79 Å². The van der Waals surface area contributed by atoms with Crippen LogP contribution < -0.4 is 0 Å². The average molecular weight is 213 g/mol. The molecule has 89 valence electrons. The average Bonchev–Trinajstić information content (AvgIpc) is 2.15. The number of esters is 1. The Morgan fingerprint density at radius 2 is 2.00 bits per heavy atom. The molecular formula is C13H25O2. The standard InChI is InChI=1S/C13H25O2/c1-5-6-9-15-13(14)10-12(4)8-7-11(2)3/h8,11-12H,5-7,9-10H2,1-4H3. The van der Waals surface area contributed by atoms with Crippen LogP contribution in [0.2, 0.25) is 0 Å². The van der Waals surface area contributed by atoms with E-state index in [-0.39, 0.29) is 5.97 Å². The number of hydrogen-bond acceptors (Lipinski definition) is 2. The van der Waals surface area contributed by atoms with E-state index in [0.717, 1.165) is 19.3 Å². The first kappa shape index (κ1) is 14.5. The number of rotatable bonds is 8. The van der Waals surface area contributed by atoms with Gasteiger partial charge >= 0.3 is 5.97 Å². The van der Waals surface area contributed by atoms with Crippen molar-refractivity contribution >= 4 is 5.97 Å². The molecule has 0 N–H and O–H groups in total. The second kappa shape index (κ2) is 8.75. The minimum Gasteiger partial charge on any atom is -0.466 e. The van der Waals surface area contributed by atoms with Crippen molar-refractivity contribution in [3.63, 3.8) is 0 Å². The normalized spacial score (nSPS) is 12.9. The Morgan fingerprint density at radius 3 is 2.53 bits per heavy atom. The number of carbonyl (C=O) groups is 1. The highest BCUT2D eigenvalue weighted by molar-refractivity contribution is 5.69. The molecule has 1 atom stereocenters. The monoisotopic (exact) mass is 213 g/mol. The van der Waals surface area contributed by atoms with Gasteiger partial charge in [-0.1, -0.05) is 34.1 Å². The highest BCUT2D eigenvalue weighted by Crippen LogP contribution is 2.14.